The van der Waals surface area contributed by atoms with E-state index < -0.39 is 21.5 Å². The van der Waals surface area contributed by atoms with Crippen molar-refractivity contribution in [2.75, 3.05) is 7.11 Å². The molecule has 1 aliphatic rings. The maximum atomic E-state index is 12.9. The third-order valence-corrected chi connectivity index (χ3v) is 6.47. The predicted molar refractivity (Wildman–Crippen MR) is 98.8 cm³/mol. The van der Waals surface area contributed by atoms with Gasteiger partial charge in [0, 0.05) is 5.02 Å². The van der Waals surface area contributed by atoms with E-state index in [1.807, 2.05) is 12.1 Å². The number of carbonyl (C=O) groups excluding carboxylic acids is 1. The molecule has 0 unspecified atom stereocenters. The molecule has 3 N–H and O–H groups in total. The van der Waals surface area contributed by atoms with Gasteiger partial charge in [-0.2, -0.15) is 0 Å². The summed E-state index contributed by atoms with van der Waals surface area (Å²) in [6, 6.07) is 11.2. The first kappa shape index (κ1) is 18.7. The molecular weight excluding hydrogens is 376 g/mol. The third kappa shape index (κ3) is 3.42. The van der Waals surface area contributed by atoms with Gasteiger partial charge in [0.2, 0.25) is 10.0 Å². The van der Waals surface area contributed by atoms with Crippen molar-refractivity contribution < 1.29 is 17.9 Å². The zero-order chi connectivity index (χ0) is 18.9. The highest BCUT2D eigenvalue weighted by Gasteiger charge is 2.42. The van der Waals surface area contributed by atoms with Gasteiger partial charge < -0.3 is 10.5 Å². The van der Waals surface area contributed by atoms with Crippen LogP contribution in [0, 0.1) is 0 Å². The Labute approximate surface area is 157 Å². The molecule has 1 amide bonds. The van der Waals surface area contributed by atoms with E-state index in [1.54, 1.807) is 12.1 Å². The topological polar surface area (TPSA) is 98.5 Å². The number of amides is 1. The van der Waals surface area contributed by atoms with Gasteiger partial charge >= 0.3 is 0 Å². The first-order chi connectivity index (χ1) is 12.3. The van der Waals surface area contributed by atoms with Crippen molar-refractivity contribution in [2.24, 2.45) is 5.73 Å². The first-order valence-electron chi connectivity index (χ1n) is 8.05. The Bertz CT molecular complexity index is 938. The van der Waals surface area contributed by atoms with Crippen LogP contribution in [0.15, 0.2) is 47.4 Å². The number of nitrogens with two attached hydrogens (primary N) is 1. The number of rotatable bonds is 6. The highest BCUT2D eigenvalue weighted by molar-refractivity contribution is 7.89. The maximum Gasteiger partial charge on any atom is 0.252 e. The Balaban J connectivity index is 1.96. The number of sulfonamides is 1. The molecule has 26 heavy (non-hydrogen) atoms. The Hall–Kier alpha value is -2.09. The number of carbonyl (C=O) groups is 1. The minimum Gasteiger partial charge on any atom is -0.496 e. The molecule has 0 bridgehead atoms. The molecule has 0 heterocycles. The molecule has 0 aromatic heterocycles. The second kappa shape index (κ2) is 6.90. The molecule has 0 spiro atoms. The maximum absolute atomic E-state index is 12.9. The van der Waals surface area contributed by atoms with E-state index in [9.17, 15) is 13.2 Å². The van der Waals surface area contributed by atoms with E-state index in [0.717, 1.165) is 12.0 Å². The van der Waals surface area contributed by atoms with Gasteiger partial charge in [0.05, 0.1) is 23.1 Å². The molecular formula is C18H19ClN2O4S. The fourth-order valence-corrected chi connectivity index (χ4v) is 4.71. The second-order valence-corrected chi connectivity index (χ2v) is 8.39. The minimum absolute atomic E-state index is 0.0181. The van der Waals surface area contributed by atoms with Crippen LogP contribution in [0.4, 0.5) is 0 Å². The molecule has 1 aliphatic carbocycles. The minimum atomic E-state index is -3.86. The summed E-state index contributed by atoms with van der Waals surface area (Å²) in [4.78, 5) is 11.5. The summed E-state index contributed by atoms with van der Waals surface area (Å²) in [6.07, 6.45) is 2.29. The Morgan fingerprint density at radius 2 is 1.85 bits per heavy atom. The SMILES string of the molecule is COc1ccc(S(=O)(=O)NC2(c3ccc(Cl)cc3)CCC2)cc1C(N)=O. The van der Waals surface area contributed by atoms with Gasteiger partial charge in [-0.3, -0.25) is 4.79 Å². The van der Waals surface area contributed by atoms with Crippen LogP contribution in [0.25, 0.3) is 0 Å². The average Bonchev–Trinajstić information content (AvgIpc) is 2.58. The zero-order valence-electron chi connectivity index (χ0n) is 14.2. The predicted octanol–water partition coefficient (Wildman–Crippen LogP) is 2.81. The summed E-state index contributed by atoms with van der Waals surface area (Å²) in [6.45, 7) is 0. The lowest BCUT2D eigenvalue weighted by Crippen LogP contribution is -2.50. The van der Waals surface area contributed by atoms with Gasteiger partial charge in [0.15, 0.2) is 0 Å². The van der Waals surface area contributed by atoms with Crippen molar-refractivity contribution in [3.05, 3.63) is 58.6 Å². The molecule has 0 saturated heterocycles. The Kier molecular flexibility index (Phi) is 4.96. The van der Waals surface area contributed by atoms with Gasteiger partial charge in [0.1, 0.15) is 5.75 Å². The fourth-order valence-electron chi connectivity index (χ4n) is 3.11. The van der Waals surface area contributed by atoms with Crippen molar-refractivity contribution >= 4 is 27.5 Å². The molecule has 3 rings (SSSR count). The zero-order valence-corrected chi connectivity index (χ0v) is 15.7. The summed E-state index contributed by atoms with van der Waals surface area (Å²) >= 11 is 5.93. The summed E-state index contributed by atoms with van der Waals surface area (Å²) in [5.41, 5.74) is 5.53. The Morgan fingerprint density at radius 3 is 2.35 bits per heavy atom. The van der Waals surface area contributed by atoms with E-state index in [2.05, 4.69) is 4.72 Å². The Morgan fingerprint density at radius 1 is 1.19 bits per heavy atom. The number of nitrogens with one attached hydrogen (secondary N) is 1. The van der Waals surface area contributed by atoms with Crippen LogP contribution >= 0.6 is 11.6 Å². The summed E-state index contributed by atoms with van der Waals surface area (Å²) < 4.78 is 33.7. The van der Waals surface area contributed by atoms with Crippen molar-refractivity contribution in [2.45, 2.75) is 29.7 Å². The van der Waals surface area contributed by atoms with E-state index in [0.29, 0.717) is 17.9 Å². The van der Waals surface area contributed by atoms with Crippen molar-refractivity contribution in [1.82, 2.24) is 4.72 Å². The standard InChI is InChI=1S/C18H19ClN2O4S/c1-25-16-8-7-14(11-15(16)17(20)22)26(23,24)21-18(9-2-10-18)12-3-5-13(19)6-4-12/h3-8,11,21H,2,9-10H2,1H3,(H2,20,22). The van der Waals surface area contributed by atoms with Crippen LogP contribution in [0.1, 0.15) is 35.2 Å². The van der Waals surface area contributed by atoms with Gasteiger partial charge in [0.25, 0.3) is 5.91 Å². The van der Waals surface area contributed by atoms with Crippen LogP contribution in [-0.4, -0.2) is 21.4 Å². The van der Waals surface area contributed by atoms with E-state index in [-0.39, 0.29) is 16.2 Å². The molecule has 1 fully saturated rings. The smallest absolute Gasteiger partial charge is 0.252 e. The van der Waals surface area contributed by atoms with Crippen LogP contribution in [-0.2, 0) is 15.6 Å². The highest BCUT2D eigenvalue weighted by Crippen LogP contribution is 2.42. The van der Waals surface area contributed by atoms with Crippen LogP contribution in [0.2, 0.25) is 5.02 Å². The number of primary amides is 1. The van der Waals surface area contributed by atoms with E-state index >= 15 is 0 Å². The van der Waals surface area contributed by atoms with Gasteiger partial charge in [-0.15, -0.1) is 0 Å². The van der Waals surface area contributed by atoms with Gasteiger partial charge in [-0.1, -0.05) is 23.7 Å². The highest BCUT2D eigenvalue weighted by atomic mass is 35.5. The molecule has 138 valence electrons. The monoisotopic (exact) mass is 394 g/mol. The van der Waals surface area contributed by atoms with Crippen molar-refractivity contribution in [3.63, 3.8) is 0 Å². The molecule has 0 atom stereocenters. The number of halogens is 1. The van der Waals surface area contributed by atoms with Crippen LogP contribution in [0.5, 0.6) is 5.75 Å². The summed E-state index contributed by atoms with van der Waals surface area (Å²) in [5, 5.41) is 0.590. The number of methoxy groups -OCH3 is 1. The number of hydrogen-bond acceptors (Lipinski definition) is 4. The van der Waals surface area contributed by atoms with E-state index in [1.165, 1.54) is 25.3 Å². The normalized spacial score (nSPS) is 15.9. The molecule has 2 aromatic rings. The van der Waals surface area contributed by atoms with Crippen LogP contribution in [0.3, 0.4) is 0 Å². The fraction of sp³-hybridized carbons (Fsp3) is 0.278. The molecule has 2 aromatic carbocycles. The van der Waals surface area contributed by atoms with Crippen LogP contribution < -0.4 is 15.2 Å². The molecule has 8 heteroatoms. The largest absolute Gasteiger partial charge is 0.496 e. The molecule has 0 aliphatic heterocycles. The molecule has 6 nitrogen and oxygen atoms in total. The van der Waals surface area contributed by atoms with E-state index in [4.69, 9.17) is 22.1 Å². The summed E-state index contributed by atoms with van der Waals surface area (Å²) in [7, 11) is -2.48. The average molecular weight is 395 g/mol. The molecule has 0 radical (unpaired) electrons. The lowest BCUT2D eigenvalue weighted by Gasteiger charge is -2.42. The lowest BCUT2D eigenvalue weighted by atomic mass is 9.73. The molecule has 1 saturated carbocycles. The van der Waals surface area contributed by atoms with Crippen molar-refractivity contribution in [3.8, 4) is 5.75 Å². The second-order valence-electron chi connectivity index (χ2n) is 6.27. The number of benzene rings is 2. The van der Waals surface area contributed by atoms with Gasteiger partial charge in [-0.05, 0) is 55.2 Å². The van der Waals surface area contributed by atoms with Gasteiger partial charge in [-0.25, -0.2) is 13.1 Å². The summed E-state index contributed by atoms with van der Waals surface area (Å²) in [5.74, 6) is -0.525. The van der Waals surface area contributed by atoms with Crippen molar-refractivity contribution in [1.29, 1.82) is 0 Å². The third-order valence-electron chi connectivity index (χ3n) is 4.68. The number of ether oxygens (including phenoxy) is 1. The first-order valence-corrected chi connectivity index (χ1v) is 9.91. The lowest BCUT2D eigenvalue weighted by molar-refractivity contribution is 0.0997. The number of hydrogen-bond donors (Lipinski definition) is 2. The quantitative estimate of drug-likeness (QED) is 0.786.